The Labute approximate surface area is 448 Å². The first-order chi connectivity index (χ1) is 37.6. The number of rotatable bonds is 17. The number of aliphatic hydroxyl groups is 8. The van der Waals surface area contributed by atoms with Crippen molar-refractivity contribution in [3.63, 3.8) is 0 Å². The second-order valence-corrected chi connectivity index (χ2v) is 18.5. The molecule has 26 heteroatoms. The summed E-state index contributed by atoms with van der Waals surface area (Å²) in [5.74, 6) is -3.78. The normalized spacial score (nSPS) is 30.6. The third kappa shape index (κ3) is 13.0. The van der Waals surface area contributed by atoms with Gasteiger partial charge in [0.15, 0.2) is 41.5 Å². The van der Waals surface area contributed by atoms with Crippen LogP contribution in [0.2, 0.25) is 0 Å². The Hall–Kier alpha value is -7.44. The third-order valence-electron chi connectivity index (χ3n) is 13.1. The van der Waals surface area contributed by atoms with E-state index in [1.807, 2.05) is 0 Å². The molecule has 4 aromatic carbocycles. The summed E-state index contributed by atoms with van der Waals surface area (Å²) in [6.45, 7) is 0.214. The number of fused-ring (bicyclic) bond motifs is 1. The summed E-state index contributed by atoms with van der Waals surface area (Å²) in [5, 5.41) is 137. The number of methoxy groups -OCH3 is 2. The number of esters is 2. The lowest BCUT2D eigenvalue weighted by Crippen LogP contribution is -2.61. The van der Waals surface area contributed by atoms with Gasteiger partial charge in [0, 0.05) is 29.8 Å². The van der Waals surface area contributed by atoms with Gasteiger partial charge in [0.1, 0.15) is 96.4 Å². The Kier molecular flexibility index (Phi) is 18.1. The summed E-state index contributed by atoms with van der Waals surface area (Å²) in [4.78, 5) is 25.3. The second kappa shape index (κ2) is 24.7. The van der Waals surface area contributed by atoms with Gasteiger partial charge in [0.25, 0.3) is 0 Å². The van der Waals surface area contributed by atoms with Gasteiger partial charge in [-0.3, -0.25) is 0 Å². The topological polar surface area (TPSA) is 399 Å². The molecule has 3 fully saturated rings. The van der Waals surface area contributed by atoms with Crippen LogP contribution >= 0.6 is 0 Å². The highest BCUT2D eigenvalue weighted by Crippen LogP contribution is 2.47. The van der Waals surface area contributed by atoms with E-state index in [1.54, 1.807) is 0 Å². The molecule has 0 aliphatic carbocycles. The Morgan fingerprint density at radius 3 is 1.80 bits per heavy atom. The molecule has 0 aromatic heterocycles. The fraction of sp³-hybridized carbons (Fsp3) is 0.396. The van der Waals surface area contributed by atoms with Gasteiger partial charge in [-0.15, -0.1) is 0 Å². The average Bonchev–Trinajstić information content (AvgIpc) is 3.51. The number of hydrogen-bond acceptors (Lipinski definition) is 26. The molecule has 426 valence electrons. The molecule has 13 N–H and O–H groups in total. The molecule has 0 bridgehead atoms. The predicted molar refractivity (Wildman–Crippen MR) is 265 cm³/mol. The van der Waals surface area contributed by atoms with Crippen LogP contribution in [0.3, 0.4) is 0 Å². The lowest BCUT2D eigenvalue weighted by Gasteiger charge is -2.43. The molecule has 16 atom stereocenters. The van der Waals surface area contributed by atoms with Crippen LogP contribution in [0.1, 0.15) is 35.3 Å². The Balaban J connectivity index is 0.839. The van der Waals surface area contributed by atoms with E-state index in [2.05, 4.69) is 0 Å². The van der Waals surface area contributed by atoms with Crippen molar-refractivity contribution in [1.29, 1.82) is 0 Å². The number of carbonyl (C=O) groups excluding carboxylic acids is 2. The van der Waals surface area contributed by atoms with Crippen molar-refractivity contribution in [2.75, 3.05) is 27.4 Å². The van der Waals surface area contributed by atoms with E-state index in [0.717, 1.165) is 18.2 Å². The molecular weight excluding hydrogens is 1050 g/mol. The smallest absolute Gasteiger partial charge is 0.331 e. The standard InChI is InChI=1S/C53H58O26/c1-22-49(79-39(59)13-7-23-4-9-27(10-5-23)74-52-46(66)43(63)41(61)36(77-52)20-71-38(58)12-8-24-6-11-29(55)31(57)14-24)45(65)48(68)51(73-22)72-21-37-42(62)44(64)47(67)53(78-37)76-35-19-28-30(56)17-26(54)18-32(28)75-50(35)25-15-33(69-2)40(60)34(16-25)70-3/h4-19,22,36-37,41-57,60-68H,20-21H2,1-3H3/b12-8+,13-7+/t22-,36+,37+,41-,42-,43-,44-,45-,46+,47+,48-,49-,50?,51+,52+,53+/m0/s1. The Morgan fingerprint density at radius 1 is 0.582 bits per heavy atom. The lowest BCUT2D eigenvalue weighted by molar-refractivity contribution is -0.325. The molecule has 4 heterocycles. The van der Waals surface area contributed by atoms with Crippen LogP contribution in [-0.2, 0) is 42.7 Å². The predicted octanol–water partition coefficient (Wildman–Crippen LogP) is 0.0820. The first-order valence-corrected chi connectivity index (χ1v) is 24.2. The highest BCUT2D eigenvalue weighted by Gasteiger charge is 2.50. The molecule has 4 aliphatic rings. The number of aliphatic hydroxyl groups excluding tert-OH is 8. The molecule has 0 radical (unpaired) electrons. The van der Waals surface area contributed by atoms with Crippen LogP contribution < -0.4 is 18.9 Å². The van der Waals surface area contributed by atoms with Crippen LogP contribution in [0.5, 0.6) is 51.7 Å². The number of benzene rings is 4. The molecule has 3 saturated heterocycles. The summed E-state index contributed by atoms with van der Waals surface area (Å²) in [7, 11) is 2.59. The van der Waals surface area contributed by atoms with E-state index < -0.39 is 135 Å². The van der Waals surface area contributed by atoms with Gasteiger partial charge in [-0.05, 0) is 72.7 Å². The maximum atomic E-state index is 13.0. The Morgan fingerprint density at radius 2 is 1.16 bits per heavy atom. The quantitative estimate of drug-likeness (QED) is 0.0378. The minimum atomic E-state index is -1.92. The van der Waals surface area contributed by atoms with E-state index in [9.17, 15) is 76.0 Å². The summed E-state index contributed by atoms with van der Waals surface area (Å²) in [6, 6.07) is 14.7. The first kappa shape index (κ1) is 57.7. The minimum Gasteiger partial charge on any atom is -0.508 e. The van der Waals surface area contributed by atoms with E-state index >= 15 is 0 Å². The van der Waals surface area contributed by atoms with Crippen molar-refractivity contribution >= 4 is 30.2 Å². The first-order valence-electron chi connectivity index (χ1n) is 24.2. The summed E-state index contributed by atoms with van der Waals surface area (Å²) in [5.41, 5.74) is 1.08. The lowest BCUT2D eigenvalue weighted by atomic mass is 9.98. The summed E-state index contributed by atoms with van der Waals surface area (Å²) in [6.07, 6.45) is -20.1. The molecule has 79 heavy (non-hydrogen) atoms. The van der Waals surface area contributed by atoms with Crippen molar-refractivity contribution in [3.05, 3.63) is 107 Å². The zero-order valence-electron chi connectivity index (χ0n) is 42.0. The van der Waals surface area contributed by atoms with E-state index in [1.165, 1.54) is 100 Å². The maximum absolute atomic E-state index is 13.0. The zero-order chi connectivity index (χ0) is 57.0. The largest absolute Gasteiger partial charge is 0.508 e. The zero-order valence-corrected chi connectivity index (χ0v) is 42.0. The third-order valence-corrected chi connectivity index (χ3v) is 13.1. The molecule has 26 nitrogen and oxygen atoms in total. The Bertz CT molecular complexity index is 2870. The monoisotopic (exact) mass is 1110 g/mol. The highest BCUT2D eigenvalue weighted by molar-refractivity contribution is 5.88. The number of carbonyl (C=O) groups is 2. The summed E-state index contributed by atoms with van der Waals surface area (Å²) < 4.78 is 62.1. The molecule has 0 saturated carbocycles. The summed E-state index contributed by atoms with van der Waals surface area (Å²) >= 11 is 0. The van der Waals surface area contributed by atoms with Gasteiger partial charge in [-0.25, -0.2) is 9.59 Å². The SMILES string of the molecule is COc1cc(C2Oc3cc(O)cc(O)c3C=C2O[C@@H]2O[C@H](CO[C@@H]3O[C@@H](C)[C@H](OC(=O)/C=C/c4ccc(O[C@@H]5O[C@H](COC(=O)/C=C/c6ccc(O)c(O)c6)[C@H](O)[C@H](O)[C@H]5O)cc4)[C@@H](O)[C@@H]3O)[C@H](O)[C@H](O)[C@H]2O)cc(OC)c1O. The fourth-order valence-corrected chi connectivity index (χ4v) is 8.72. The van der Waals surface area contributed by atoms with Crippen LogP contribution in [-0.4, -0.2) is 198 Å². The number of phenols is 5. The van der Waals surface area contributed by atoms with Crippen LogP contribution in [0, 0.1) is 0 Å². The van der Waals surface area contributed by atoms with Gasteiger partial charge in [0.2, 0.25) is 18.3 Å². The van der Waals surface area contributed by atoms with Gasteiger partial charge >= 0.3 is 11.9 Å². The van der Waals surface area contributed by atoms with Crippen LogP contribution in [0.4, 0.5) is 0 Å². The molecule has 4 aliphatic heterocycles. The van der Waals surface area contributed by atoms with E-state index in [0.29, 0.717) is 11.1 Å². The van der Waals surface area contributed by atoms with Crippen molar-refractivity contribution in [1.82, 2.24) is 0 Å². The number of ether oxygens (including phenoxy) is 11. The van der Waals surface area contributed by atoms with Crippen LogP contribution in [0.15, 0.2) is 84.6 Å². The second-order valence-electron chi connectivity index (χ2n) is 18.5. The maximum Gasteiger partial charge on any atom is 0.331 e. The molecule has 4 aromatic rings. The van der Waals surface area contributed by atoms with Gasteiger partial charge in [-0.2, -0.15) is 0 Å². The molecule has 0 amide bonds. The fourth-order valence-electron chi connectivity index (χ4n) is 8.72. The molecule has 8 rings (SSSR count). The van der Waals surface area contributed by atoms with Crippen molar-refractivity contribution in [2.45, 2.75) is 105 Å². The van der Waals surface area contributed by atoms with Crippen molar-refractivity contribution in [2.24, 2.45) is 0 Å². The molecule has 1 unspecified atom stereocenters. The van der Waals surface area contributed by atoms with Gasteiger partial charge < -0.3 is 118 Å². The van der Waals surface area contributed by atoms with E-state index in [-0.39, 0.29) is 57.1 Å². The minimum absolute atomic E-state index is 0.000219. The van der Waals surface area contributed by atoms with Crippen LogP contribution in [0.25, 0.3) is 18.2 Å². The molecular formula is C53H58O26. The number of aromatic hydroxyl groups is 5. The van der Waals surface area contributed by atoms with Gasteiger partial charge in [-0.1, -0.05) is 18.2 Å². The molecule has 0 spiro atoms. The van der Waals surface area contributed by atoms with E-state index in [4.69, 9.17) is 52.1 Å². The van der Waals surface area contributed by atoms with Crippen molar-refractivity contribution in [3.8, 4) is 51.7 Å². The van der Waals surface area contributed by atoms with Crippen molar-refractivity contribution < 1.29 is 128 Å². The highest BCUT2D eigenvalue weighted by atomic mass is 16.7. The number of hydrogen-bond donors (Lipinski definition) is 13. The number of phenolic OH excluding ortho intramolecular Hbond substituents is 5. The average molecular weight is 1110 g/mol. The van der Waals surface area contributed by atoms with Gasteiger partial charge in [0.05, 0.1) is 32.5 Å².